The van der Waals surface area contributed by atoms with Crippen LogP contribution in [0.2, 0.25) is 0 Å². The van der Waals surface area contributed by atoms with Gasteiger partial charge in [-0.05, 0) is 30.9 Å². The molecule has 0 aliphatic heterocycles. The molecule has 3 rings (SSSR count). The van der Waals surface area contributed by atoms with Crippen LogP contribution in [0.3, 0.4) is 0 Å². The minimum Gasteiger partial charge on any atom is -0.352 e. The minimum atomic E-state index is -0.0856. The summed E-state index contributed by atoms with van der Waals surface area (Å²) >= 11 is 0. The minimum absolute atomic E-state index is 0.0774. The molecule has 0 bridgehead atoms. The largest absolute Gasteiger partial charge is 0.352 e. The van der Waals surface area contributed by atoms with Gasteiger partial charge in [-0.1, -0.05) is 12.1 Å². The number of benzene rings is 1. The Bertz CT molecular complexity index is 719. The fraction of sp³-hybridized carbons (Fsp3) is 0.353. The lowest BCUT2D eigenvalue weighted by atomic mass is 10.1. The molecule has 1 heterocycles. The number of para-hydroxylation sites is 1. The molecule has 2 aromatic rings. The van der Waals surface area contributed by atoms with Crippen LogP contribution in [0.25, 0.3) is 5.69 Å². The van der Waals surface area contributed by atoms with E-state index in [1.54, 1.807) is 16.9 Å². The number of carbonyl (C=O) groups excluding carboxylic acids is 2. The third kappa shape index (κ3) is 3.97. The molecule has 1 saturated carbocycles. The lowest BCUT2D eigenvalue weighted by Gasteiger charge is -2.10. The van der Waals surface area contributed by atoms with Crippen LogP contribution in [0.1, 0.15) is 35.7 Å². The van der Waals surface area contributed by atoms with E-state index in [4.69, 9.17) is 0 Å². The highest BCUT2D eigenvalue weighted by molar-refractivity contribution is 5.97. The van der Waals surface area contributed by atoms with Gasteiger partial charge in [-0.15, -0.1) is 0 Å². The Hall–Kier alpha value is -2.63. The quantitative estimate of drug-likeness (QED) is 0.851. The van der Waals surface area contributed by atoms with E-state index in [0.717, 1.165) is 17.8 Å². The first-order valence-corrected chi connectivity index (χ1v) is 7.79. The fourth-order valence-electron chi connectivity index (χ4n) is 2.33. The Morgan fingerprint density at radius 3 is 2.78 bits per heavy atom. The first-order chi connectivity index (χ1) is 11.1. The summed E-state index contributed by atoms with van der Waals surface area (Å²) in [4.78, 5) is 23.4. The Morgan fingerprint density at radius 1 is 1.26 bits per heavy atom. The van der Waals surface area contributed by atoms with Gasteiger partial charge in [-0.2, -0.15) is 5.10 Å². The number of rotatable bonds is 6. The van der Waals surface area contributed by atoms with Crippen molar-refractivity contribution in [3.05, 3.63) is 47.8 Å². The first kappa shape index (κ1) is 15.3. The van der Waals surface area contributed by atoms with Crippen LogP contribution in [0.4, 0.5) is 0 Å². The van der Waals surface area contributed by atoms with Crippen molar-refractivity contribution < 1.29 is 9.59 Å². The highest BCUT2D eigenvalue weighted by atomic mass is 16.2. The average molecular weight is 312 g/mol. The van der Waals surface area contributed by atoms with Gasteiger partial charge >= 0.3 is 0 Å². The van der Waals surface area contributed by atoms with E-state index in [9.17, 15) is 9.59 Å². The van der Waals surface area contributed by atoms with Crippen LogP contribution in [0.15, 0.2) is 36.7 Å². The van der Waals surface area contributed by atoms with E-state index in [1.807, 2.05) is 24.4 Å². The Balaban J connectivity index is 1.76. The van der Waals surface area contributed by atoms with Gasteiger partial charge in [-0.3, -0.25) is 9.59 Å². The molecule has 23 heavy (non-hydrogen) atoms. The predicted octanol–water partition coefficient (Wildman–Crippen LogP) is 1.65. The monoisotopic (exact) mass is 312 g/mol. The first-order valence-electron chi connectivity index (χ1n) is 7.79. The number of carbonyl (C=O) groups is 2. The molecular formula is C17H20N4O2. The van der Waals surface area contributed by atoms with Gasteiger partial charge in [0.2, 0.25) is 5.91 Å². The topological polar surface area (TPSA) is 76.0 Å². The molecule has 0 unspecified atom stereocenters. The average Bonchev–Trinajstić information content (AvgIpc) is 3.26. The van der Waals surface area contributed by atoms with E-state index in [-0.39, 0.29) is 11.8 Å². The molecule has 2 amide bonds. The van der Waals surface area contributed by atoms with Crippen LogP contribution in [-0.4, -0.2) is 28.1 Å². The maximum Gasteiger partial charge on any atom is 0.253 e. The Kier molecular flexibility index (Phi) is 4.41. The van der Waals surface area contributed by atoms with E-state index in [1.165, 1.54) is 19.8 Å². The van der Waals surface area contributed by atoms with Gasteiger partial charge in [0.05, 0.1) is 17.4 Å². The zero-order valence-corrected chi connectivity index (χ0v) is 13.1. The third-order valence-electron chi connectivity index (χ3n) is 3.82. The number of hydrogen-bond acceptors (Lipinski definition) is 3. The van der Waals surface area contributed by atoms with Crippen molar-refractivity contribution in [2.45, 2.75) is 26.3 Å². The second kappa shape index (κ2) is 6.64. The smallest absolute Gasteiger partial charge is 0.253 e. The van der Waals surface area contributed by atoms with E-state index >= 15 is 0 Å². The van der Waals surface area contributed by atoms with Gasteiger partial charge in [-0.25, -0.2) is 4.68 Å². The molecule has 0 saturated heterocycles. The van der Waals surface area contributed by atoms with Crippen molar-refractivity contribution in [3.63, 3.8) is 0 Å². The number of nitrogens with zero attached hydrogens (tertiary/aromatic N) is 2. The van der Waals surface area contributed by atoms with Crippen molar-refractivity contribution in [2.75, 3.05) is 6.54 Å². The molecule has 1 aliphatic rings. The molecule has 1 fully saturated rings. The molecular weight excluding hydrogens is 292 g/mol. The van der Waals surface area contributed by atoms with Crippen molar-refractivity contribution in [2.24, 2.45) is 5.92 Å². The lowest BCUT2D eigenvalue weighted by molar-refractivity contribution is -0.119. The van der Waals surface area contributed by atoms with E-state index < -0.39 is 0 Å². The van der Waals surface area contributed by atoms with Gasteiger partial charge in [0.15, 0.2) is 0 Å². The summed E-state index contributed by atoms with van der Waals surface area (Å²) in [6, 6.07) is 7.38. The molecule has 6 heteroatoms. The molecule has 0 radical (unpaired) electrons. The maximum atomic E-state index is 12.4. The summed E-state index contributed by atoms with van der Waals surface area (Å²) in [7, 11) is 0. The number of nitrogens with one attached hydrogen (secondary N) is 2. The SMILES string of the molecule is CC(=O)NCc1cnn(-c2ccccc2C(=O)NCC2CC2)c1. The lowest BCUT2D eigenvalue weighted by Crippen LogP contribution is -2.26. The second-order valence-corrected chi connectivity index (χ2v) is 5.87. The summed E-state index contributed by atoms with van der Waals surface area (Å²) in [6.45, 7) is 2.63. The van der Waals surface area contributed by atoms with Crippen LogP contribution in [0, 0.1) is 5.92 Å². The standard InChI is InChI=1S/C17H20N4O2/c1-12(22)18-9-14-10-20-21(11-14)16-5-3-2-4-15(16)17(23)19-8-13-6-7-13/h2-5,10-11,13H,6-9H2,1H3,(H,18,22)(H,19,23). The van der Waals surface area contributed by atoms with Gasteiger partial charge in [0.1, 0.15) is 0 Å². The summed E-state index contributed by atoms with van der Waals surface area (Å²) < 4.78 is 1.67. The Labute approximate surface area is 134 Å². The second-order valence-electron chi connectivity index (χ2n) is 5.87. The van der Waals surface area contributed by atoms with Crippen LogP contribution in [-0.2, 0) is 11.3 Å². The van der Waals surface area contributed by atoms with Crippen molar-refractivity contribution in [3.8, 4) is 5.69 Å². The van der Waals surface area contributed by atoms with E-state index in [2.05, 4.69) is 15.7 Å². The van der Waals surface area contributed by atoms with Crippen LogP contribution in [0.5, 0.6) is 0 Å². The molecule has 120 valence electrons. The summed E-state index contributed by atoms with van der Waals surface area (Å²) in [6.07, 6.45) is 5.92. The van der Waals surface area contributed by atoms with Gasteiger partial charge in [0.25, 0.3) is 5.91 Å². The fourth-order valence-corrected chi connectivity index (χ4v) is 2.33. The summed E-state index contributed by atoms with van der Waals surface area (Å²) in [5.74, 6) is 0.476. The molecule has 1 aliphatic carbocycles. The van der Waals surface area contributed by atoms with Crippen molar-refractivity contribution in [1.82, 2.24) is 20.4 Å². The molecule has 6 nitrogen and oxygen atoms in total. The maximum absolute atomic E-state index is 12.4. The zero-order chi connectivity index (χ0) is 16.2. The number of hydrogen-bond donors (Lipinski definition) is 2. The zero-order valence-electron chi connectivity index (χ0n) is 13.1. The molecule has 1 aromatic heterocycles. The summed E-state index contributed by atoms with van der Waals surface area (Å²) in [5, 5.41) is 10.0. The molecule has 1 aromatic carbocycles. The molecule has 0 spiro atoms. The molecule has 0 atom stereocenters. The predicted molar refractivity (Wildman–Crippen MR) is 86.1 cm³/mol. The number of aromatic nitrogens is 2. The molecule has 2 N–H and O–H groups in total. The highest BCUT2D eigenvalue weighted by Crippen LogP contribution is 2.27. The normalized spacial score (nSPS) is 13.6. The summed E-state index contributed by atoms with van der Waals surface area (Å²) in [5.41, 5.74) is 2.21. The number of amides is 2. The van der Waals surface area contributed by atoms with Crippen molar-refractivity contribution >= 4 is 11.8 Å². The van der Waals surface area contributed by atoms with Crippen LogP contribution < -0.4 is 10.6 Å². The highest BCUT2D eigenvalue weighted by Gasteiger charge is 2.22. The van der Waals surface area contributed by atoms with Crippen molar-refractivity contribution in [1.29, 1.82) is 0 Å². The Morgan fingerprint density at radius 2 is 2.04 bits per heavy atom. The van der Waals surface area contributed by atoms with Gasteiger partial charge in [0, 0.05) is 31.8 Å². The third-order valence-corrected chi connectivity index (χ3v) is 3.82. The van der Waals surface area contributed by atoms with Crippen LogP contribution >= 0.6 is 0 Å². The van der Waals surface area contributed by atoms with Gasteiger partial charge < -0.3 is 10.6 Å². The van der Waals surface area contributed by atoms with E-state index in [0.29, 0.717) is 18.0 Å².